The number of nitro groups is 1. The molecule has 1 saturated heterocycles. The second-order valence-corrected chi connectivity index (χ2v) is 6.61. The predicted molar refractivity (Wildman–Crippen MR) is 106 cm³/mol. The van der Waals surface area contributed by atoms with Gasteiger partial charge < -0.3 is 4.74 Å². The number of benzene rings is 3. The number of hydrogen-bond acceptors (Lipinski definition) is 4. The Morgan fingerprint density at radius 2 is 1.64 bits per heavy atom. The molecule has 0 N–H and O–H groups in total. The molecule has 0 radical (unpaired) electrons. The lowest BCUT2D eigenvalue weighted by molar-refractivity contribution is -0.384. The predicted octanol–water partition coefficient (Wildman–Crippen LogP) is 4.83. The summed E-state index contributed by atoms with van der Waals surface area (Å²) in [6.07, 6.45) is 0.317. The SMILES string of the molecule is O=C1OC[C@H](Cc2ccccc2)N1c1ccc(-c2ccccc2[N+](=O)[O-])cc1. The summed E-state index contributed by atoms with van der Waals surface area (Å²) in [7, 11) is 0. The third-order valence-electron chi connectivity index (χ3n) is 4.83. The number of nitrogens with zero attached hydrogens (tertiary/aromatic N) is 2. The van der Waals surface area contributed by atoms with Crippen LogP contribution >= 0.6 is 0 Å². The van der Waals surface area contributed by atoms with Gasteiger partial charge in [0.2, 0.25) is 0 Å². The largest absolute Gasteiger partial charge is 0.447 e. The van der Waals surface area contributed by atoms with Crippen molar-refractivity contribution in [1.29, 1.82) is 0 Å². The molecular formula is C22H18N2O4. The van der Waals surface area contributed by atoms with E-state index in [2.05, 4.69) is 0 Å². The third-order valence-corrected chi connectivity index (χ3v) is 4.83. The number of amides is 1. The molecule has 0 aliphatic carbocycles. The van der Waals surface area contributed by atoms with E-state index in [9.17, 15) is 14.9 Å². The lowest BCUT2D eigenvalue weighted by atomic mass is 10.0. The number of carbonyl (C=O) groups is 1. The van der Waals surface area contributed by atoms with E-state index in [1.165, 1.54) is 6.07 Å². The van der Waals surface area contributed by atoms with Crippen LogP contribution in [0.1, 0.15) is 5.56 Å². The molecule has 1 fully saturated rings. The van der Waals surface area contributed by atoms with Crippen molar-refractivity contribution in [2.75, 3.05) is 11.5 Å². The fraction of sp³-hybridized carbons (Fsp3) is 0.136. The first-order valence-corrected chi connectivity index (χ1v) is 8.97. The number of para-hydroxylation sites is 1. The van der Waals surface area contributed by atoms with Gasteiger partial charge in [0.15, 0.2) is 0 Å². The van der Waals surface area contributed by atoms with Crippen LogP contribution in [0.4, 0.5) is 16.2 Å². The highest BCUT2D eigenvalue weighted by molar-refractivity contribution is 5.91. The zero-order chi connectivity index (χ0) is 19.5. The van der Waals surface area contributed by atoms with Gasteiger partial charge in [-0.25, -0.2) is 4.79 Å². The van der Waals surface area contributed by atoms with Crippen molar-refractivity contribution in [2.24, 2.45) is 0 Å². The molecule has 6 heteroatoms. The second kappa shape index (κ2) is 7.52. The molecule has 0 bridgehead atoms. The average molecular weight is 374 g/mol. The fourth-order valence-corrected chi connectivity index (χ4v) is 3.49. The van der Waals surface area contributed by atoms with Gasteiger partial charge in [0.05, 0.1) is 16.5 Å². The Balaban J connectivity index is 1.61. The summed E-state index contributed by atoms with van der Waals surface area (Å²) < 4.78 is 5.27. The monoisotopic (exact) mass is 374 g/mol. The summed E-state index contributed by atoms with van der Waals surface area (Å²) in [5, 5.41) is 11.3. The highest BCUT2D eigenvalue weighted by Crippen LogP contribution is 2.32. The van der Waals surface area contributed by atoms with Crippen molar-refractivity contribution in [3.63, 3.8) is 0 Å². The van der Waals surface area contributed by atoms with Crippen molar-refractivity contribution in [3.8, 4) is 11.1 Å². The number of cyclic esters (lactones) is 1. The van der Waals surface area contributed by atoms with Crippen LogP contribution in [-0.2, 0) is 11.2 Å². The zero-order valence-corrected chi connectivity index (χ0v) is 15.0. The summed E-state index contributed by atoms with van der Waals surface area (Å²) in [6, 6.07) is 23.7. The first-order chi connectivity index (χ1) is 13.6. The molecule has 1 heterocycles. The molecular weight excluding hydrogens is 356 g/mol. The van der Waals surface area contributed by atoms with E-state index >= 15 is 0 Å². The first-order valence-electron chi connectivity index (χ1n) is 8.97. The Kier molecular flexibility index (Phi) is 4.76. The van der Waals surface area contributed by atoms with Crippen molar-refractivity contribution in [2.45, 2.75) is 12.5 Å². The molecule has 3 aromatic carbocycles. The van der Waals surface area contributed by atoms with Crippen LogP contribution in [0, 0.1) is 10.1 Å². The first kappa shape index (κ1) is 17.7. The summed E-state index contributed by atoms with van der Waals surface area (Å²) in [4.78, 5) is 24.8. The Labute approximate surface area is 162 Å². The standard InChI is InChI=1S/C22H18N2O4/c25-22-23(19(15-28-22)14-16-6-2-1-3-7-16)18-12-10-17(11-13-18)20-8-4-5-9-21(20)24(26)27/h1-13,19H,14-15H2/t19-/m0/s1. The average Bonchev–Trinajstić information content (AvgIpc) is 3.09. The summed E-state index contributed by atoms with van der Waals surface area (Å²) in [6.45, 7) is 0.333. The molecule has 0 aromatic heterocycles. The maximum Gasteiger partial charge on any atom is 0.414 e. The number of carbonyl (C=O) groups excluding carboxylic acids is 1. The topological polar surface area (TPSA) is 72.7 Å². The highest BCUT2D eigenvalue weighted by Gasteiger charge is 2.34. The van der Waals surface area contributed by atoms with E-state index in [0.717, 1.165) is 11.1 Å². The van der Waals surface area contributed by atoms with Crippen molar-refractivity contribution < 1.29 is 14.5 Å². The number of ether oxygens (including phenoxy) is 1. The van der Waals surface area contributed by atoms with Crippen molar-refractivity contribution in [1.82, 2.24) is 0 Å². The molecule has 28 heavy (non-hydrogen) atoms. The van der Waals surface area contributed by atoms with Gasteiger partial charge >= 0.3 is 6.09 Å². The van der Waals surface area contributed by atoms with Crippen LogP contribution < -0.4 is 4.90 Å². The molecule has 0 spiro atoms. The lowest BCUT2D eigenvalue weighted by Crippen LogP contribution is -2.35. The molecule has 1 atom stereocenters. The minimum atomic E-state index is -0.392. The van der Waals surface area contributed by atoms with Gasteiger partial charge in [0.1, 0.15) is 6.61 Å². The number of rotatable bonds is 5. The van der Waals surface area contributed by atoms with Gasteiger partial charge in [-0.1, -0.05) is 54.6 Å². The summed E-state index contributed by atoms with van der Waals surface area (Å²) >= 11 is 0. The van der Waals surface area contributed by atoms with E-state index < -0.39 is 4.92 Å². The van der Waals surface area contributed by atoms with Crippen LogP contribution in [0.3, 0.4) is 0 Å². The van der Waals surface area contributed by atoms with E-state index in [1.54, 1.807) is 47.4 Å². The number of hydrogen-bond donors (Lipinski definition) is 0. The molecule has 3 aromatic rings. The number of anilines is 1. The van der Waals surface area contributed by atoms with Crippen LogP contribution in [0.2, 0.25) is 0 Å². The van der Waals surface area contributed by atoms with Crippen molar-refractivity contribution >= 4 is 17.5 Å². The van der Waals surface area contributed by atoms with E-state index in [-0.39, 0.29) is 17.8 Å². The maximum atomic E-state index is 12.3. The van der Waals surface area contributed by atoms with E-state index in [4.69, 9.17) is 4.74 Å². The summed E-state index contributed by atoms with van der Waals surface area (Å²) in [5.74, 6) is 0. The minimum Gasteiger partial charge on any atom is -0.447 e. The van der Waals surface area contributed by atoms with Gasteiger partial charge in [-0.2, -0.15) is 0 Å². The van der Waals surface area contributed by atoms with Gasteiger partial charge in [0, 0.05) is 11.8 Å². The van der Waals surface area contributed by atoms with Crippen LogP contribution in [-0.4, -0.2) is 23.7 Å². The highest BCUT2D eigenvalue weighted by atomic mass is 16.6. The molecule has 6 nitrogen and oxygen atoms in total. The quantitative estimate of drug-likeness (QED) is 0.474. The molecule has 4 rings (SSSR count). The van der Waals surface area contributed by atoms with Crippen LogP contribution in [0.25, 0.3) is 11.1 Å². The molecule has 1 aliphatic heterocycles. The molecule has 1 amide bonds. The smallest absolute Gasteiger partial charge is 0.414 e. The van der Waals surface area contributed by atoms with Crippen molar-refractivity contribution in [3.05, 3.63) is 94.5 Å². The zero-order valence-electron chi connectivity index (χ0n) is 15.0. The number of nitro benzene ring substituents is 1. The van der Waals surface area contributed by atoms with Gasteiger partial charge in [-0.3, -0.25) is 15.0 Å². The molecule has 1 aliphatic rings. The Hall–Kier alpha value is -3.67. The minimum absolute atomic E-state index is 0.0535. The second-order valence-electron chi connectivity index (χ2n) is 6.61. The summed E-state index contributed by atoms with van der Waals surface area (Å²) in [5.41, 5.74) is 3.17. The van der Waals surface area contributed by atoms with Gasteiger partial charge in [0.25, 0.3) is 5.69 Å². The third kappa shape index (κ3) is 3.44. The molecule has 0 unspecified atom stereocenters. The lowest BCUT2D eigenvalue weighted by Gasteiger charge is -2.22. The molecule has 140 valence electrons. The van der Waals surface area contributed by atoms with Gasteiger partial charge in [-0.05, 0) is 35.7 Å². The Bertz CT molecular complexity index is 1000. The van der Waals surface area contributed by atoms with Gasteiger partial charge in [-0.15, -0.1) is 0 Å². The Morgan fingerprint density at radius 3 is 2.36 bits per heavy atom. The maximum absolute atomic E-state index is 12.3. The van der Waals surface area contributed by atoms with E-state index in [0.29, 0.717) is 24.3 Å². The Morgan fingerprint density at radius 1 is 0.964 bits per heavy atom. The molecule has 0 saturated carbocycles. The van der Waals surface area contributed by atoms with E-state index in [1.807, 2.05) is 30.3 Å². The van der Waals surface area contributed by atoms with Crippen LogP contribution in [0.15, 0.2) is 78.9 Å². The fourth-order valence-electron chi connectivity index (χ4n) is 3.49. The van der Waals surface area contributed by atoms with Crippen LogP contribution in [0.5, 0.6) is 0 Å². The normalized spacial score (nSPS) is 16.1.